The van der Waals surface area contributed by atoms with Gasteiger partial charge in [0.25, 0.3) is 0 Å². The Balaban J connectivity index is 2.19. The molecule has 1 nitrogen and oxygen atoms in total. The van der Waals surface area contributed by atoms with Crippen LogP contribution in [0.4, 0.5) is 13.2 Å². The van der Waals surface area contributed by atoms with Crippen molar-refractivity contribution >= 4 is 11.6 Å². The molecule has 5 heteroatoms. The predicted molar refractivity (Wildman–Crippen MR) is 70.5 cm³/mol. The number of alkyl halides is 4. The molecule has 1 unspecified atom stereocenters. The van der Waals surface area contributed by atoms with Gasteiger partial charge in [0.1, 0.15) is 6.61 Å². The van der Waals surface area contributed by atoms with E-state index in [2.05, 4.69) is 4.74 Å². The van der Waals surface area contributed by atoms with E-state index in [0.29, 0.717) is 12.3 Å². The number of ether oxygens (including phenoxy) is 1. The maximum absolute atomic E-state index is 11.8. The molecule has 1 aromatic carbocycles. The van der Waals surface area contributed by atoms with Crippen LogP contribution in [0.25, 0.3) is 0 Å². The van der Waals surface area contributed by atoms with Crippen molar-refractivity contribution in [1.82, 2.24) is 0 Å². The maximum atomic E-state index is 11.8. The molecule has 108 valence electrons. The number of hydrogen-bond donors (Lipinski definition) is 0. The van der Waals surface area contributed by atoms with Crippen LogP contribution in [0.5, 0.6) is 0 Å². The van der Waals surface area contributed by atoms with Crippen LogP contribution >= 0.6 is 11.6 Å². The molecule has 0 N–H and O–H groups in total. The molecule has 0 aliphatic rings. The molecular weight excluding hydrogens is 277 g/mol. The van der Waals surface area contributed by atoms with Crippen LogP contribution in [0.1, 0.15) is 18.4 Å². The van der Waals surface area contributed by atoms with Crippen LogP contribution < -0.4 is 0 Å². The zero-order chi connectivity index (χ0) is 14.1. The summed E-state index contributed by atoms with van der Waals surface area (Å²) in [5, 5.41) is 0. The summed E-state index contributed by atoms with van der Waals surface area (Å²) in [5.41, 5.74) is 1.20. The minimum Gasteiger partial charge on any atom is -0.372 e. The fraction of sp³-hybridized carbons (Fsp3) is 0.571. The third-order valence-electron chi connectivity index (χ3n) is 2.75. The lowest BCUT2D eigenvalue weighted by Gasteiger charge is -2.14. The lowest BCUT2D eigenvalue weighted by molar-refractivity contribution is -0.174. The first-order valence-electron chi connectivity index (χ1n) is 6.25. The quantitative estimate of drug-likeness (QED) is 0.509. The van der Waals surface area contributed by atoms with Gasteiger partial charge in [-0.3, -0.25) is 0 Å². The van der Waals surface area contributed by atoms with Gasteiger partial charge in [-0.15, -0.1) is 11.6 Å². The summed E-state index contributed by atoms with van der Waals surface area (Å²) in [5.74, 6) is 0.785. The Morgan fingerprint density at radius 2 is 1.84 bits per heavy atom. The summed E-state index contributed by atoms with van der Waals surface area (Å²) < 4.78 is 40.1. The zero-order valence-corrected chi connectivity index (χ0v) is 11.4. The van der Waals surface area contributed by atoms with Crippen molar-refractivity contribution in [2.45, 2.75) is 25.4 Å². The highest BCUT2D eigenvalue weighted by molar-refractivity contribution is 6.18. The van der Waals surface area contributed by atoms with Gasteiger partial charge < -0.3 is 4.74 Å². The van der Waals surface area contributed by atoms with E-state index in [4.69, 9.17) is 11.6 Å². The molecule has 0 radical (unpaired) electrons. The fourth-order valence-corrected chi connectivity index (χ4v) is 2.11. The highest BCUT2D eigenvalue weighted by Gasteiger charge is 2.27. The average molecular weight is 295 g/mol. The van der Waals surface area contributed by atoms with Crippen molar-refractivity contribution in [1.29, 1.82) is 0 Å². The Morgan fingerprint density at radius 3 is 2.42 bits per heavy atom. The Labute approximate surface area is 116 Å². The third kappa shape index (κ3) is 8.11. The van der Waals surface area contributed by atoms with Crippen LogP contribution in [-0.4, -0.2) is 25.3 Å². The normalized spacial score (nSPS) is 13.5. The van der Waals surface area contributed by atoms with E-state index in [1.807, 2.05) is 30.3 Å². The van der Waals surface area contributed by atoms with Crippen LogP contribution in [0.2, 0.25) is 0 Å². The van der Waals surface area contributed by atoms with Gasteiger partial charge in [-0.2, -0.15) is 13.2 Å². The molecule has 1 rings (SSSR count). The van der Waals surface area contributed by atoms with Crippen molar-refractivity contribution in [3.05, 3.63) is 35.9 Å². The number of benzene rings is 1. The molecule has 1 aromatic rings. The smallest absolute Gasteiger partial charge is 0.372 e. The molecule has 0 heterocycles. The number of rotatable bonds is 8. The first-order valence-corrected chi connectivity index (χ1v) is 6.79. The van der Waals surface area contributed by atoms with Crippen molar-refractivity contribution in [2.24, 2.45) is 5.92 Å². The van der Waals surface area contributed by atoms with Crippen molar-refractivity contribution in [3.63, 3.8) is 0 Å². The van der Waals surface area contributed by atoms with Gasteiger partial charge in [-0.05, 0) is 30.7 Å². The molecule has 1 atom stereocenters. The van der Waals surface area contributed by atoms with E-state index in [1.54, 1.807) is 0 Å². The Kier molecular flexibility index (Phi) is 7.24. The lowest BCUT2D eigenvalue weighted by Crippen LogP contribution is -2.17. The molecule has 0 aromatic heterocycles. The first-order chi connectivity index (χ1) is 9.01. The van der Waals surface area contributed by atoms with Crippen LogP contribution in [0.15, 0.2) is 30.3 Å². The highest BCUT2D eigenvalue weighted by Crippen LogP contribution is 2.17. The second-order valence-corrected chi connectivity index (χ2v) is 4.83. The molecule has 0 bridgehead atoms. The zero-order valence-electron chi connectivity index (χ0n) is 10.6. The first kappa shape index (κ1) is 16.3. The summed E-state index contributed by atoms with van der Waals surface area (Å²) in [4.78, 5) is 0. The van der Waals surface area contributed by atoms with Crippen molar-refractivity contribution in [3.8, 4) is 0 Å². The fourth-order valence-electron chi connectivity index (χ4n) is 1.84. The van der Waals surface area contributed by atoms with E-state index < -0.39 is 12.8 Å². The molecule has 0 aliphatic carbocycles. The summed E-state index contributed by atoms with van der Waals surface area (Å²) in [7, 11) is 0. The Morgan fingerprint density at radius 1 is 1.16 bits per heavy atom. The van der Waals surface area contributed by atoms with Gasteiger partial charge in [-0.1, -0.05) is 30.3 Å². The Hall–Kier alpha value is -0.740. The van der Waals surface area contributed by atoms with Crippen LogP contribution in [0.3, 0.4) is 0 Å². The topological polar surface area (TPSA) is 9.23 Å². The molecule has 19 heavy (non-hydrogen) atoms. The summed E-state index contributed by atoms with van der Waals surface area (Å²) in [6.07, 6.45) is -2.02. The SMILES string of the molecule is FC(F)(F)COCCCC(CCl)Cc1ccccc1. The predicted octanol–water partition coefficient (Wildman–Crippen LogP) is 4.44. The highest BCUT2D eigenvalue weighted by atomic mass is 35.5. The van der Waals surface area contributed by atoms with Gasteiger partial charge in [0, 0.05) is 12.5 Å². The summed E-state index contributed by atoms with van der Waals surface area (Å²) in [6.45, 7) is -1.04. The maximum Gasteiger partial charge on any atom is 0.411 e. The molecular formula is C14H18ClF3O. The number of halogens is 4. The van der Waals surface area contributed by atoms with E-state index in [9.17, 15) is 13.2 Å². The van der Waals surface area contributed by atoms with Crippen molar-refractivity contribution in [2.75, 3.05) is 19.1 Å². The Bertz CT molecular complexity index is 340. The lowest BCUT2D eigenvalue weighted by atomic mass is 9.97. The second-order valence-electron chi connectivity index (χ2n) is 4.52. The van der Waals surface area contributed by atoms with Crippen LogP contribution in [0, 0.1) is 5.92 Å². The molecule has 0 spiro atoms. The second kappa shape index (κ2) is 8.43. The van der Waals surface area contributed by atoms with Gasteiger partial charge in [0.05, 0.1) is 0 Å². The standard InChI is InChI=1S/C14H18ClF3O/c15-10-13(9-12-5-2-1-3-6-12)7-4-8-19-11-14(16,17)18/h1-3,5-6,13H,4,7-11H2. The minimum absolute atomic E-state index is 0.127. The number of hydrogen-bond acceptors (Lipinski definition) is 1. The monoisotopic (exact) mass is 294 g/mol. The van der Waals surface area contributed by atoms with E-state index in [-0.39, 0.29) is 12.5 Å². The van der Waals surface area contributed by atoms with Gasteiger partial charge in [0.15, 0.2) is 0 Å². The van der Waals surface area contributed by atoms with E-state index in [0.717, 1.165) is 12.8 Å². The van der Waals surface area contributed by atoms with Crippen molar-refractivity contribution < 1.29 is 17.9 Å². The third-order valence-corrected chi connectivity index (χ3v) is 3.19. The van der Waals surface area contributed by atoms with Gasteiger partial charge >= 0.3 is 6.18 Å². The minimum atomic E-state index is -4.24. The van der Waals surface area contributed by atoms with Crippen LogP contribution in [-0.2, 0) is 11.2 Å². The molecule has 0 fully saturated rings. The molecule has 0 saturated carbocycles. The van der Waals surface area contributed by atoms with E-state index in [1.165, 1.54) is 5.56 Å². The largest absolute Gasteiger partial charge is 0.411 e. The van der Waals surface area contributed by atoms with Gasteiger partial charge in [0.2, 0.25) is 0 Å². The average Bonchev–Trinajstić information content (AvgIpc) is 2.37. The van der Waals surface area contributed by atoms with Gasteiger partial charge in [-0.25, -0.2) is 0 Å². The van der Waals surface area contributed by atoms with E-state index >= 15 is 0 Å². The molecule has 0 amide bonds. The summed E-state index contributed by atoms with van der Waals surface area (Å²) >= 11 is 5.88. The molecule has 0 aliphatic heterocycles. The molecule has 0 saturated heterocycles. The summed E-state index contributed by atoms with van der Waals surface area (Å²) in [6, 6.07) is 9.93.